The molecule has 1 unspecified atom stereocenters. The van der Waals surface area contributed by atoms with E-state index in [4.69, 9.17) is 15.9 Å². The SMILES string of the molecule is C=C(C)Oc1ccc(N)c(C(=N)C2CC(N3CCC(C(C)(C)O)CC3)=NC=N2)c1. The summed E-state index contributed by atoms with van der Waals surface area (Å²) in [7, 11) is 0. The highest BCUT2D eigenvalue weighted by Crippen LogP contribution is 2.29. The minimum absolute atomic E-state index is 0.293. The molecule has 2 aliphatic rings. The molecular formula is C22H31N5O2. The number of piperidine rings is 1. The molecule has 7 heteroatoms. The van der Waals surface area contributed by atoms with E-state index in [0.717, 1.165) is 31.8 Å². The summed E-state index contributed by atoms with van der Waals surface area (Å²) in [5.74, 6) is 2.42. The Hall–Kier alpha value is -2.67. The maximum Gasteiger partial charge on any atom is 0.127 e. The van der Waals surface area contributed by atoms with Crippen LogP contribution in [0.5, 0.6) is 5.75 Å². The number of aliphatic hydroxyl groups is 1. The van der Waals surface area contributed by atoms with E-state index in [1.165, 1.54) is 0 Å². The van der Waals surface area contributed by atoms with Crippen LogP contribution in [-0.4, -0.2) is 52.6 Å². The average molecular weight is 398 g/mol. The summed E-state index contributed by atoms with van der Waals surface area (Å²) in [6, 6.07) is 4.94. The van der Waals surface area contributed by atoms with Gasteiger partial charge in [-0.3, -0.25) is 4.99 Å². The van der Waals surface area contributed by atoms with Crippen molar-refractivity contribution < 1.29 is 9.84 Å². The van der Waals surface area contributed by atoms with E-state index in [1.807, 2.05) is 13.8 Å². The van der Waals surface area contributed by atoms with Gasteiger partial charge < -0.3 is 25.9 Å². The van der Waals surface area contributed by atoms with E-state index in [-0.39, 0.29) is 6.04 Å². The van der Waals surface area contributed by atoms with Gasteiger partial charge in [0.1, 0.15) is 24.0 Å². The summed E-state index contributed by atoms with van der Waals surface area (Å²) >= 11 is 0. The Morgan fingerprint density at radius 1 is 1.34 bits per heavy atom. The Balaban J connectivity index is 1.68. The number of nitrogen functional groups attached to an aromatic ring is 1. The molecule has 3 rings (SSSR count). The molecule has 0 aromatic heterocycles. The highest BCUT2D eigenvalue weighted by Gasteiger charge is 2.32. The third-order valence-corrected chi connectivity index (χ3v) is 5.63. The number of hydrogen-bond acceptors (Lipinski definition) is 7. The van der Waals surface area contributed by atoms with E-state index < -0.39 is 5.60 Å². The number of benzene rings is 1. The number of anilines is 1. The van der Waals surface area contributed by atoms with E-state index in [1.54, 1.807) is 31.5 Å². The van der Waals surface area contributed by atoms with Crippen LogP contribution >= 0.6 is 0 Å². The number of nitrogens with one attached hydrogen (secondary N) is 1. The highest BCUT2D eigenvalue weighted by molar-refractivity contribution is 6.09. The van der Waals surface area contributed by atoms with E-state index >= 15 is 0 Å². The van der Waals surface area contributed by atoms with E-state index in [0.29, 0.717) is 40.8 Å². The summed E-state index contributed by atoms with van der Waals surface area (Å²) < 4.78 is 5.56. The molecule has 4 N–H and O–H groups in total. The van der Waals surface area contributed by atoms with Crippen LogP contribution in [0, 0.1) is 11.3 Å². The first kappa shape index (κ1) is 21.0. The van der Waals surface area contributed by atoms with Crippen LogP contribution < -0.4 is 10.5 Å². The summed E-state index contributed by atoms with van der Waals surface area (Å²) in [5.41, 5.74) is 6.97. The van der Waals surface area contributed by atoms with Crippen LogP contribution in [0.2, 0.25) is 0 Å². The molecule has 0 bridgehead atoms. The molecule has 1 atom stereocenters. The second kappa shape index (κ2) is 8.37. The first-order chi connectivity index (χ1) is 13.6. The van der Waals surface area contributed by atoms with Crippen molar-refractivity contribution in [2.75, 3.05) is 18.8 Å². The lowest BCUT2D eigenvalue weighted by atomic mass is 9.83. The van der Waals surface area contributed by atoms with Gasteiger partial charge in [-0.25, -0.2) is 4.99 Å². The van der Waals surface area contributed by atoms with Gasteiger partial charge in [-0.05, 0) is 57.7 Å². The van der Waals surface area contributed by atoms with Gasteiger partial charge in [-0.1, -0.05) is 6.58 Å². The van der Waals surface area contributed by atoms with Crippen LogP contribution in [0.1, 0.15) is 45.6 Å². The molecule has 0 radical (unpaired) electrons. The van der Waals surface area contributed by atoms with E-state index in [2.05, 4.69) is 21.5 Å². The number of likely N-dealkylation sites (tertiary alicyclic amines) is 1. The quantitative estimate of drug-likeness (QED) is 0.403. The molecule has 1 saturated heterocycles. The number of nitrogens with two attached hydrogens (primary N) is 1. The molecule has 29 heavy (non-hydrogen) atoms. The molecule has 0 saturated carbocycles. The van der Waals surface area contributed by atoms with Crippen molar-refractivity contribution >= 4 is 23.6 Å². The normalized spacial score (nSPS) is 20.3. The van der Waals surface area contributed by atoms with Gasteiger partial charge >= 0.3 is 0 Å². The Bertz CT molecular complexity index is 845. The second-order valence-electron chi connectivity index (χ2n) is 8.41. The van der Waals surface area contributed by atoms with Crippen molar-refractivity contribution in [3.8, 4) is 5.75 Å². The second-order valence-corrected chi connectivity index (χ2v) is 8.41. The van der Waals surface area contributed by atoms with Gasteiger partial charge in [0.25, 0.3) is 0 Å². The Labute approximate surface area is 172 Å². The average Bonchev–Trinajstić information content (AvgIpc) is 2.68. The lowest BCUT2D eigenvalue weighted by molar-refractivity contribution is -0.00513. The molecule has 0 spiro atoms. The fourth-order valence-electron chi connectivity index (χ4n) is 3.90. The zero-order valence-corrected chi connectivity index (χ0v) is 17.5. The van der Waals surface area contributed by atoms with Crippen molar-refractivity contribution in [1.82, 2.24) is 4.90 Å². The summed E-state index contributed by atoms with van der Waals surface area (Å²) in [4.78, 5) is 11.1. The molecule has 156 valence electrons. The number of hydrogen-bond donors (Lipinski definition) is 3. The molecule has 2 aliphatic heterocycles. The fraction of sp³-hybridized carbons (Fsp3) is 0.500. The Morgan fingerprint density at radius 3 is 2.66 bits per heavy atom. The van der Waals surface area contributed by atoms with Crippen molar-refractivity contribution in [2.24, 2.45) is 15.9 Å². The summed E-state index contributed by atoms with van der Waals surface area (Å²) in [6.45, 7) is 11.0. The van der Waals surface area contributed by atoms with Crippen molar-refractivity contribution in [3.05, 3.63) is 36.1 Å². The van der Waals surface area contributed by atoms with Crippen molar-refractivity contribution in [1.29, 1.82) is 5.41 Å². The number of rotatable bonds is 5. The van der Waals surface area contributed by atoms with E-state index in [9.17, 15) is 5.11 Å². The lowest BCUT2D eigenvalue weighted by Crippen LogP contribution is -2.45. The standard InChI is InChI=1S/C22H31N5O2/c1-14(2)29-16-5-6-18(23)17(11-16)21(24)19-12-20(26-13-25-19)27-9-7-15(8-10-27)22(3,4)28/h5-6,11,13,15,19,24,28H,1,7-10,12,23H2,2-4H3. The van der Waals surface area contributed by atoms with Gasteiger partial charge in [0.05, 0.1) is 17.1 Å². The maximum atomic E-state index is 10.3. The fourth-order valence-corrected chi connectivity index (χ4v) is 3.90. The number of amidine groups is 1. The van der Waals surface area contributed by atoms with Crippen LogP contribution in [0.15, 0.2) is 40.5 Å². The third kappa shape index (κ3) is 5.03. The minimum Gasteiger partial charge on any atom is -0.463 e. The van der Waals surface area contributed by atoms with Crippen LogP contribution in [0.4, 0.5) is 5.69 Å². The Morgan fingerprint density at radius 2 is 2.03 bits per heavy atom. The zero-order valence-electron chi connectivity index (χ0n) is 17.5. The van der Waals surface area contributed by atoms with Gasteiger partial charge in [0, 0.05) is 30.8 Å². The van der Waals surface area contributed by atoms with Crippen molar-refractivity contribution in [3.63, 3.8) is 0 Å². The maximum absolute atomic E-state index is 10.3. The predicted molar refractivity (Wildman–Crippen MR) is 118 cm³/mol. The lowest BCUT2D eigenvalue weighted by Gasteiger charge is -2.39. The van der Waals surface area contributed by atoms with Gasteiger partial charge in [-0.15, -0.1) is 0 Å². The number of allylic oxidation sites excluding steroid dienone is 1. The molecule has 0 amide bonds. The molecule has 2 heterocycles. The Kier molecular flexibility index (Phi) is 6.07. The monoisotopic (exact) mass is 397 g/mol. The molecule has 7 nitrogen and oxygen atoms in total. The minimum atomic E-state index is -0.652. The first-order valence-corrected chi connectivity index (χ1v) is 10.0. The molecule has 1 aromatic carbocycles. The van der Waals surface area contributed by atoms with Gasteiger partial charge in [-0.2, -0.15) is 0 Å². The molecule has 1 fully saturated rings. The topological polar surface area (TPSA) is 107 Å². The highest BCUT2D eigenvalue weighted by atomic mass is 16.5. The summed E-state index contributed by atoms with van der Waals surface area (Å²) in [5, 5.41) is 18.9. The summed E-state index contributed by atoms with van der Waals surface area (Å²) in [6.07, 6.45) is 3.96. The van der Waals surface area contributed by atoms with Gasteiger partial charge in [0.2, 0.25) is 0 Å². The smallest absolute Gasteiger partial charge is 0.127 e. The largest absolute Gasteiger partial charge is 0.463 e. The first-order valence-electron chi connectivity index (χ1n) is 10.0. The van der Waals surface area contributed by atoms with Crippen LogP contribution in [0.25, 0.3) is 0 Å². The predicted octanol–water partition coefficient (Wildman–Crippen LogP) is 3.23. The van der Waals surface area contributed by atoms with Crippen LogP contribution in [-0.2, 0) is 0 Å². The zero-order chi connectivity index (χ0) is 21.2. The number of nitrogens with zero attached hydrogens (tertiary/aromatic N) is 3. The van der Waals surface area contributed by atoms with Crippen LogP contribution in [0.3, 0.4) is 0 Å². The molecule has 0 aliphatic carbocycles. The molecule has 1 aromatic rings. The molecular weight excluding hydrogens is 366 g/mol. The van der Waals surface area contributed by atoms with Gasteiger partial charge in [0.15, 0.2) is 0 Å². The number of aliphatic imine (C=N–C) groups is 2. The third-order valence-electron chi connectivity index (χ3n) is 5.63. The number of ether oxygens (including phenoxy) is 1. The van der Waals surface area contributed by atoms with Crippen molar-refractivity contribution in [2.45, 2.75) is 51.7 Å².